The number of unbranched alkanes of at least 4 members (excludes halogenated alkanes) is 9. The second-order valence-corrected chi connectivity index (χ2v) is 6.71. The molecule has 0 aliphatic heterocycles. The van der Waals surface area contributed by atoms with Crippen LogP contribution in [0.1, 0.15) is 79.0 Å². The van der Waals surface area contributed by atoms with Gasteiger partial charge in [0.05, 0.1) is 5.92 Å². The van der Waals surface area contributed by atoms with Crippen molar-refractivity contribution in [2.45, 2.75) is 77.6 Å². The number of hydrogen-bond donors (Lipinski definition) is 2. The first-order chi connectivity index (χ1) is 11.3. The molecule has 0 spiro atoms. The summed E-state index contributed by atoms with van der Waals surface area (Å²) < 4.78 is 35.8. The van der Waals surface area contributed by atoms with E-state index >= 15 is 0 Å². The zero-order chi connectivity index (χ0) is 18.8. The summed E-state index contributed by atoms with van der Waals surface area (Å²) in [6, 6.07) is 0. The summed E-state index contributed by atoms with van der Waals surface area (Å²) in [5, 5.41) is 0. The fraction of sp³-hybridized carbons (Fsp3) is 0.812. The summed E-state index contributed by atoms with van der Waals surface area (Å²) in [6.07, 6.45) is 15.4. The molecule has 0 aromatic heterocycles. The molecule has 1 unspecified atom stereocenters. The van der Waals surface area contributed by atoms with Crippen LogP contribution >= 0.6 is 11.9 Å². The second-order valence-electron chi connectivity index (χ2n) is 5.66. The average molecular weight is 411 g/mol. The molecule has 0 saturated carbocycles. The van der Waals surface area contributed by atoms with E-state index in [1.807, 2.05) is 0 Å². The Morgan fingerprint density at radius 1 is 1.08 bits per heavy atom. The van der Waals surface area contributed by atoms with Crippen LogP contribution in [0.2, 0.25) is 0 Å². The van der Waals surface area contributed by atoms with E-state index in [1.54, 1.807) is 6.08 Å². The van der Waals surface area contributed by atoms with Crippen molar-refractivity contribution in [2.75, 3.05) is 0 Å². The molecule has 0 aliphatic rings. The van der Waals surface area contributed by atoms with E-state index in [0.717, 1.165) is 12.8 Å². The van der Waals surface area contributed by atoms with Crippen molar-refractivity contribution in [2.24, 2.45) is 5.92 Å². The molecule has 0 aromatic carbocycles. The average Bonchev–Trinajstić information content (AvgIpc) is 2.50. The summed E-state index contributed by atoms with van der Waals surface area (Å²) >= 11 is 5.06. The van der Waals surface area contributed by atoms with Crippen LogP contribution in [0, 0.1) is 5.92 Å². The minimum Gasteiger partial charge on any atom is -1.00 e. The van der Waals surface area contributed by atoms with Crippen LogP contribution in [0.5, 0.6) is 0 Å². The minimum atomic E-state index is -4.67. The molecule has 9 heteroatoms. The third kappa shape index (κ3) is 29.4. The minimum absolute atomic E-state index is 0. The fourth-order valence-corrected chi connectivity index (χ4v) is 2.36. The summed E-state index contributed by atoms with van der Waals surface area (Å²) in [7, 11) is -4.67. The van der Waals surface area contributed by atoms with E-state index in [0.29, 0.717) is 0 Å². The van der Waals surface area contributed by atoms with Gasteiger partial charge in [0.2, 0.25) is 0 Å². The van der Waals surface area contributed by atoms with Gasteiger partial charge in [0.1, 0.15) is 11.9 Å². The number of hydrogen-bond acceptors (Lipinski definition) is 4. The molecular weight excluding hydrogens is 379 g/mol. The topological polar surface area (TPSA) is 101 Å². The van der Waals surface area contributed by atoms with Crippen LogP contribution in [0.4, 0.5) is 0 Å². The van der Waals surface area contributed by atoms with E-state index in [4.69, 9.17) is 29.4 Å². The van der Waals surface area contributed by atoms with Crippen molar-refractivity contribution in [3.8, 4) is 0 Å². The van der Waals surface area contributed by atoms with Gasteiger partial charge < -0.3 is 5.72 Å². The Morgan fingerprint density at radius 2 is 1.44 bits per heavy atom. The maximum absolute atomic E-state index is 11.2. The van der Waals surface area contributed by atoms with Crippen molar-refractivity contribution >= 4 is 28.2 Å². The Bertz CT molecular complexity index is 415. The van der Waals surface area contributed by atoms with E-state index in [2.05, 4.69) is 17.8 Å². The van der Waals surface area contributed by atoms with Crippen LogP contribution in [0.25, 0.3) is 0 Å². The molecule has 0 fully saturated rings. The number of carbonyl (C=O) groups is 1. The van der Waals surface area contributed by atoms with Crippen LogP contribution < -0.4 is 29.6 Å². The predicted octanol–water partition coefficient (Wildman–Crippen LogP) is 2.26. The fourth-order valence-electron chi connectivity index (χ4n) is 2.24. The van der Waals surface area contributed by atoms with E-state index < -0.39 is 10.4 Å². The number of rotatable bonds is 13. The van der Waals surface area contributed by atoms with Crippen molar-refractivity contribution in [3.05, 3.63) is 12.7 Å². The SMILES string of the molecule is C=CC(CCCCCCCCCCCC)C(=O)OCl.O=S(=O)(O)O.[H-].[Na+]. The summed E-state index contributed by atoms with van der Waals surface area (Å²) in [5.41, 5.74) is 0. The van der Waals surface area contributed by atoms with Gasteiger partial charge in [-0.05, 0) is 6.42 Å². The molecule has 0 aliphatic carbocycles. The summed E-state index contributed by atoms with van der Waals surface area (Å²) in [5.74, 6) is -0.626. The van der Waals surface area contributed by atoms with Gasteiger partial charge >= 0.3 is 45.9 Å². The predicted molar refractivity (Wildman–Crippen MR) is 97.4 cm³/mol. The molecule has 1 atom stereocenters. The summed E-state index contributed by atoms with van der Waals surface area (Å²) in [6.45, 7) is 5.88. The van der Waals surface area contributed by atoms with Gasteiger partial charge in [0.25, 0.3) is 0 Å². The first-order valence-corrected chi connectivity index (χ1v) is 10.1. The Balaban J connectivity index is -0.000000304. The van der Waals surface area contributed by atoms with Crippen molar-refractivity contribution < 1.29 is 57.6 Å². The van der Waals surface area contributed by atoms with Crippen molar-refractivity contribution in [1.29, 1.82) is 0 Å². The van der Waals surface area contributed by atoms with Crippen molar-refractivity contribution in [1.82, 2.24) is 0 Å². The molecule has 146 valence electrons. The quantitative estimate of drug-likeness (QED) is 0.209. The van der Waals surface area contributed by atoms with E-state index in [1.165, 1.54) is 57.8 Å². The molecule has 0 radical (unpaired) electrons. The smallest absolute Gasteiger partial charge is 1.00 e. The van der Waals surface area contributed by atoms with E-state index in [9.17, 15) is 4.79 Å². The van der Waals surface area contributed by atoms with E-state index in [-0.39, 0.29) is 42.9 Å². The monoisotopic (exact) mass is 410 g/mol. The van der Waals surface area contributed by atoms with Crippen molar-refractivity contribution in [3.63, 3.8) is 0 Å². The molecule has 0 bridgehead atoms. The Labute approximate surface area is 181 Å². The third-order valence-electron chi connectivity index (χ3n) is 3.53. The first kappa shape index (κ1) is 30.1. The molecule has 25 heavy (non-hydrogen) atoms. The maximum Gasteiger partial charge on any atom is 1.00 e. The molecule has 0 saturated heterocycles. The molecule has 0 heterocycles. The molecule has 6 nitrogen and oxygen atoms in total. The molecule has 0 amide bonds. The zero-order valence-corrected chi connectivity index (χ0v) is 19.0. The van der Waals surface area contributed by atoms with Gasteiger partial charge in [-0.3, -0.25) is 9.11 Å². The Morgan fingerprint density at radius 3 is 1.76 bits per heavy atom. The van der Waals surface area contributed by atoms with Crippen LogP contribution in [0.3, 0.4) is 0 Å². The van der Waals surface area contributed by atoms with Gasteiger partial charge in [0, 0.05) is 0 Å². The number of carbonyl (C=O) groups excluding carboxylic acids is 1. The van der Waals surface area contributed by atoms with Crippen LogP contribution in [-0.4, -0.2) is 23.5 Å². The number of halogens is 1. The normalized spacial score (nSPS) is 11.5. The maximum atomic E-state index is 11.2. The molecular formula is C16H32ClNaO6S. The second kappa shape index (κ2) is 20.7. The Kier molecular flexibility index (Phi) is 24.9. The first-order valence-electron chi connectivity index (χ1n) is 8.41. The van der Waals surface area contributed by atoms with Gasteiger partial charge in [-0.2, -0.15) is 8.42 Å². The van der Waals surface area contributed by atoms with Crippen LogP contribution in [-0.2, 0) is 19.5 Å². The molecule has 2 N–H and O–H groups in total. The standard InChI is InChI=1S/C16H29ClO2.Na.H2O4S.H/c1-3-5-6-7-8-9-10-11-12-13-14-15(4-2)16(18)19-17;;1-5(2,3)4;/h4,15H,2-3,5-14H2,1H3;;(H2,1,2,3,4);/q;+1;;-1. The zero-order valence-electron chi connectivity index (χ0n) is 16.5. The van der Waals surface area contributed by atoms with Gasteiger partial charge in [-0.15, -0.1) is 6.58 Å². The molecule has 0 rings (SSSR count). The summed E-state index contributed by atoms with van der Waals surface area (Å²) in [4.78, 5) is 11.2. The third-order valence-corrected chi connectivity index (χ3v) is 3.68. The van der Waals surface area contributed by atoms with Gasteiger partial charge in [0.15, 0.2) is 0 Å². The van der Waals surface area contributed by atoms with Gasteiger partial charge in [-0.1, -0.05) is 77.2 Å². The largest absolute Gasteiger partial charge is 1.00 e. The van der Waals surface area contributed by atoms with Gasteiger partial charge in [-0.25, -0.2) is 4.79 Å². The molecule has 0 aromatic rings. The van der Waals surface area contributed by atoms with Crippen LogP contribution in [0.15, 0.2) is 12.7 Å². The Hall–Kier alpha value is 0.370.